The molecule has 0 nitrogen and oxygen atoms in total. The Morgan fingerprint density at radius 3 is 2.46 bits per heavy atom. The number of rotatable bonds is 3. The van der Waals surface area contributed by atoms with Gasteiger partial charge in [0.15, 0.2) is 0 Å². The fourth-order valence-electron chi connectivity index (χ4n) is 1.03. The lowest BCUT2D eigenvalue weighted by molar-refractivity contribution is 0.628. The van der Waals surface area contributed by atoms with E-state index in [1.54, 1.807) is 12.1 Å². The summed E-state index contributed by atoms with van der Waals surface area (Å²) in [5, 5.41) is 0. The summed E-state index contributed by atoms with van der Waals surface area (Å²) in [5.74, 6) is 0.328. The molecule has 0 aliphatic heterocycles. The summed E-state index contributed by atoms with van der Waals surface area (Å²) >= 11 is 5.71. The van der Waals surface area contributed by atoms with E-state index in [2.05, 4.69) is 6.92 Å². The van der Waals surface area contributed by atoms with Crippen molar-refractivity contribution in [3.63, 3.8) is 0 Å². The van der Waals surface area contributed by atoms with E-state index in [4.69, 9.17) is 11.6 Å². The van der Waals surface area contributed by atoms with Gasteiger partial charge in [-0.15, -0.1) is 11.6 Å². The zero-order chi connectivity index (χ0) is 9.68. The summed E-state index contributed by atoms with van der Waals surface area (Å²) in [6, 6.07) is 6.40. The lowest BCUT2D eigenvalue weighted by Crippen LogP contribution is -1.82. The highest BCUT2D eigenvalue weighted by molar-refractivity contribution is 6.19. The third-order valence-electron chi connectivity index (χ3n) is 1.87. The van der Waals surface area contributed by atoms with Crippen LogP contribution >= 0.6 is 11.6 Å². The molecule has 0 fully saturated rings. The van der Waals surface area contributed by atoms with Crippen LogP contribution in [0.25, 0.3) is 6.08 Å². The molecule has 70 valence electrons. The van der Waals surface area contributed by atoms with Crippen LogP contribution in [0.2, 0.25) is 0 Å². The molecule has 0 unspecified atom stereocenters. The first-order valence-corrected chi connectivity index (χ1v) is 4.80. The SMILES string of the molecule is CCC(=Cc1ccc(F)cc1)CCl. The predicted octanol–water partition coefficient (Wildman–Crippen LogP) is 3.86. The molecule has 0 saturated heterocycles. The monoisotopic (exact) mass is 198 g/mol. The molecule has 0 aliphatic rings. The van der Waals surface area contributed by atoms with Gasteiger partial charge in [-0.3, -0.25) is 0 Å². The fraction of sp³-hybridized carbons (Fsp3) is 0.273. The van der Waals surface area contributed by atoms with Gasteiger partial charge in [-0.25, -0.2) is 4.39 Å². The number of allylic oxidation sites excluding steroid dienone is 1. The Labute approximate surface area is 83.0 Å². The minimum atomic E-state index is -0.207. The average molecular weight is 199 g/mol. The van der Waals surface area contributed by atoms with Gasteiger partial charge in [-0.2, -0.15) is 0 Å². The Bertz CT molecular complexity index is 281. The molecule has 0 aromatic heterocycles. The number of halogens is 2. The van der Waals surface area contributed by atoms with Crippen molar-refractivity contribution >= 4 is 17.7 Å². The number of hydrogen-bond acceptors (Lipinski definition) is 0. The summed E-state index contributed by atoms with van der Waals surface area (Å²) in [5.41, 5.74) is 2.16. The average Bonchev–Trinajstić information content (AvgIpc) is 2.17. The standard InChI is InChI=1S/C11H12ClF/c1-2-9(8-12)7-10-3-5-11(13)6-4-10/h3-7H,2,8H2,1H3. The second-order valence-electron chi connectivity index (χ2n) is 2.84. The van der Waals surface area contributed by atoms with Gasteiger partial charge in [0, 0.05) is 5.88 Å². The van der Waals surface area contributed by atoms with E-state index in [-0.39, 0.29) is 5.82 Å². The van der Waals surface area contributed by atoms with Crippen LogP contribution < -0.4 is 0 Å². The van der Waals surface area contributed by atoms with E-state index >= 15 is 0 Å². The van der Waals surface area contributed by atoms with Gasteiger partial charge < -0.3 is 0 Å². The second kappa shape index (κ2) is 5.03. The molecule has 0 amide bonds. The molecule has 0 saturated carbocycles. The maximum absolute atomic E-state index is 12.5. The first kappa shape index (κ1) is 10.3. The fourth-order valence-corrected chi connectivity index (χ4v) is 1.30. The van der Waals surface area contributed by atoms with E-state index in [0.29, 0.717) is 5.88 Å². The summed E-state index contributed by atoms with van der Waals surface area (Å²) in [6.07, 6.45) is 2.92. The van der Waals surface area contributed by atoms with Crippen molar-refractivity contribution in [3.8, 4) is 0 Å². The molecule has 13 heavy (non-hydrogen) atoms. The minimum Gasteiger partial charge on any atom is -0.207 e. The van der Waals surface area contributed by atoms with Crippen molar-refractivity contribution < 1.29 is 4.39 Å². The van der Waals surface area contributed by atoms with Crippen molar-refractivity contribution in [1.29, 1.82) is 0 Å². The Morgan fingerprint density at radius 2 is 2.00 bits per heavy atom. The smallest absolute Gasteiger partial charge is 0.123 e. The van der Waals surface area contributed by atoms with Crippen molar-refractivity contribution in [2.75, 3.05) is 5.88 Å². The Kier molecular flexibility index (Phi) is 3.97. The molecular weight excluding hydrogens is 187 g/mol. The molecule has 0 aliphatic carbocycles. The number of hydrogen-bond donors (Lipinski definition) is 0. The topological polar surface area (TPSA) is 0 Å². The van der Waals surface area contributed by atoms with Crippen LogP contribution in [0, 0.1) is 5.82 Å². The van der Waals surface area contributed by atoms with Gasteiger partial charge in [-0.1, -0.05) is 30.7 Å². The predicted molar refractivity (Wildman–Crippen MR) is 55.4 cm³/mol. The van der Waals surface area contributed by atoms with Gasteiger partial charge in [0.1, 0.15) is 5.82 Å². The van der Waals surface area contributed by atoms with E-state index in [9.17, 15) is 4.39 Å². The van der Waals surface area contributed by atoms with Crippen molar-refractivity contribution in [3.05, 3.63) is 41.2 Å². The number of alkyl halides is 1. The highest BCUT2D eigenvalue weighted by Crippen LogP contribution is 2.11. The molecule has 0 spiro atoms. The maximum Gasteiger partial charge on any atom is 0.123 e. The molecule has 2 heteroatoms. The Hall–Kier alpha value is -0.820. The molecule has 0 bridgehead atoms. The maximum atomic E-state index is 12.5. The summed E-state index contributed by atoms with van der Waals surface area (Å²) in [6.45, 7) is 2.05. The first-order valence-electron chi connectivity index (χ1n) is 4.27. The summed E-state index contributed by atoms with van der Waals surface area (Å²) in [7, 11) is 0. The zero-order valence-corrected chi connectivity index (χ0v) is 8.31. The first-order chi connectivity index (χ1) is 6.26. The summed E-state index contributed by atoms with van der Waals surface area (Å²) < 4.78 is 12.5. The van der Waals surface area contributed by atoms with Gasteiger partial charge >= 0.3 is 0 Å². The van der Waals surface area contributed by atoms with Gasteiger partial charge in [0.2, 0.25) is 0 Å². The van der Waals surface area contributed by atoms with E-state index in [1.165, 1.54) is 12.1 Å². The molecular formula is C11H12ClF. The third kappa shape index (κ3) is 3.19. The van der Waals surface area contributed by atoms with E-state index in [1.807, 2.05) is 6.08 Å². The summed E-state index contributed by atoms with van der Waals surface area (Å²) in [4.78, 5) is 0. The lowest BCUT2D eigenvalue weighted by Gasteiger charge is -1.99. The second-order valence-corrected chi connectivity index (χ2v) is 3.11. The van der Waals surface area contributed by atoms with Gasteiger partial charge in [0.05, 0.1) is 0 Å². The van der Waals surface area contributed by atoms with Crippen molar-refractivity contribution in [2.45, 2.75) is 13.3 Å². The van der Waals surface area contributed by atoms with Crippen LogP contribution in [-0.2, 0) is 0 Å². The molecule has 1 aromatic rings. The van der Waals surface area contributed by atoms with E-state index < -0.39 is 0 Å². The number of benzene rings is 1. The molecule has 0 atom stereocenters. The molecule has 0 heterocycles. The Morgan fingerprint density at radius 1 is 1.38 bits per heavy atom. The van der Waals surface area contributed by atoms with Crippen molar-refractivity contribution in [1.82, 2.24) is 0 Å². The molecule has 1 aromatic carbocycles. The largest absolute Gasteiger partial charge is 0.207 e. The lowest BCUT2D eigenvalue weighted by atomic mass is 10.1. The molecule has 0 radical (unpaired) electrons. The minimum absolute atomic E-state index is 0.207. The quantitative estimate of drug-likeness (QED) is 0.647. The Balaban J connectivity index is 2.84. The van der Waals surface area contributed by atoms with Crippen LogP contribution in [0.5, 0.6) is 0 Å². The van der Waals surface area contributed by atoms with Gasteiger partial charge in [0.25, 0.3) is 0 Å². The van der Waals surface area contributed by atoms with Crippen LogP contribution in [-0.4, -0.2) is 5.88 Å². The van der Waals surface area contributed by atoms with Crippen LogP contribution in [0.4, 0.5) is 4.39 Å². The van der Waals surface area contributed by atoms with Crippen LogP contribution in [0.15, 0.2) is 29.8 Å². The normalized spacial score (nSPS) is 11.8. The zero-order valence-electron chi connectivity index (χ0n) is 7.56. The molecule has 1 rings (SSSR count). The highest BCUT2D eigenvalue weighted by atomic mass is 35.5. The third-order valence-corrected chi connectivity index (χ3v) is 2.21. The molecule has 0 N–H and O–H groups in total. The van der Waals surface area contributed by atoms with Gasteiger partial charge in [-0.05, 0) is 24.1 Å². The van der Waals surface area contributed by atoms with Crippen LogP contribution in [0.1, 0.15) is 18.9 Å². The van der Waals surface area contributed by atoms with E-state index in [0.717, 1.165) is 17.6 Å². The van der Waals surface area contributed by atoms with Crippen molar-refractivity contribution in [2.24, 2.45) is 0 Å². The van der Waals surface area contributed by atoms with Crippen LogP contribution in [0.3, 0.4) is 0 Å². The highest BCUT2D eigenvalue weighted by Gasteiger charge is 1.93.